The highest BCUT2D eigenvalue weighted by molar-refractivity contribution is 5.52. The number of benzene rings is 1. The first-order valence-corrected chi connectivity index (χ1v) is 9.27. The number of fused-ring (bicyclic) bond motifs is 3. The lowest BCUT2D eigenvalue weighted by Gasteiger charge is -2.29. The molecule has 2 bridgehead atoms. The van der Waals surface area contributed by atoms with Crippen LogP contribution in [0.4, 0.5) is 11.5 Å². The average molecular weight is 371 g/mol. The summed E-state index contributed by atoms with van der Waals surface area (Å²) in [4.78, 5) is 16.7. The van der Waals surface area contributed by atoms with Crippen LogP contribution in [0.1, 0.15) is 12.8 Å². The third-order valence-electron chi connectivity index (χ3n) is 5.54. The molecule has 0 radical (unpaired) electrons. The summed E-state index contributed by atoms with van der Waals surface area (Å²) in [5.74, 6) is 0.609. The van der Waals surface area contributed by atoms with Gasteiger partial charge in [-0.3, -0.25) is 4.57 Å². The van der Waals surface area contributed by atoms with Crippen molar-refractivity contribution in [3.8, 4) is 11.8 Å². The van der Waals surface area contributed by atoms with Gasteiger partial charge in [-0.2, -0.15) is 0 Å². The van der Waals surface area contributed by atoms with E-state index in [0.717, 1.165) is 25.3 Å². The van der Waals surface area contributed by atoms with E-state index in [0.29, 0.717) is 25.2 Å². The number of rotatable bonds is 5. The highest BCUT2D eigenvalue weighted by atomic mass is 16.6. The van der Waals surface area contributed by atoms with Crippen LogP contribution in [0.25, 0.3) is 0 Å². The molecule has 142 valence electrons. The Bertz CT molecular complexity index is 852. The lowest BCUT2D eigenvalue weighted by Crippen LogP contribution is -2.43. The Morgan fingerprint density at radius 3 is 2.93 bits per heavy atom. The highest BCUT2D eigenvalue weighted by Gasteiger charge is 2.37. The van der Waals surface area contributed by atoms with Crippen LogP contribution < -0.4 is 19.7 Å². The molecule has 2 unspecified atom stereocenters. The number of anilines is 1. The summed E-state index contributed by atoms with van der Waals surface area (Å²) in [6.07, 6.45) is 3.19. The summed E-state index contributed by atoms with van der Waals surface area (Å²) >= 11 is 0. The van der Waals surface area contributed by atoms with Crippen molar-refractivity contribution in [2.24, 2.45) is 0 Å². The minimum Gasteiger partial charge on any atom is -0.490 e. The number of hydrogen-bond acceptors (Lipinski definition) is 7. The number of hydrogen-bond donors (Lipinski definition) is 1. The number of nitrogens with one attached hydrogen (secondary N) is 1. The predicted molar refractivity (Wildman–Crippen MR) is 97.4 cm³/mol. The molecule has 0 saturated carbocycles. The topological polar surface area (TPSA) is 94.7 Å². The maximum Gasteiger partial charge on any atom is 0.414 e. The molecule has 4 heterocycles. The number of imidazole rings is 1. The smallest absolute Gasteiger partial charge is 0.414 e. The van der Waals surface area contributed by atoms with Crippen LogP contribution in [0.3, 0.4) is 0 Å². The molecule has 3 aliphatic rings. The van der Waals surface area contributed by atoms with Gasteiger partial charge in [-0.25, -0.2) is 0 Å². The SMILES string of the molecule is O=[N+]([O-])c1cn2c(n1)O[C@@H](COc1ccc(N3CC4CC3CN4)cc1)CC2. The average Bonchev–Trinajstić information content (AvgIpc) is 3.41. The van der Waals surface area contributed by atoms with Gasteiger partial charge in [0, 0.05) is 48.8 Å². The fraction of sp³-hybridized carbons (Fsp3) is 0.500. The van der Waals surface area contributed by atoms with Gasteiger partial charge < -0.3 is 29.8 Å². The van der Waals surface area contributed by atoms with Crippen LogP contribution in [0.15, 0.2) is 30.5 Å². The van der Waals surface area contributed by atoms with Crippen molar-refractivity contribution in [1.82, 2.24) is 14.9 Å². The normalized spacial score (nSPS) is 25.9. The van der Waals surface area contributed by atoms with Crippen LogP contribution in [0.2, 0.25) is 0 Å². The van der Waals surface area contributed by atoms with Gasteiger partial charge in [0.1, 0.15) is 24.7 Å². The van der Waals surface area contributed by atoms with E-state index >= 15 is 0 Å². The molecule has 1 aromatic heterocycles. The van der Waals surface area contributed by atoms with Crippen molar-refractivity contribution >= 4 is 11.5 Å². The number of nitro groups is 1. The molecule has 2 saturated heterocycles. The molecule has 1 N–H and O–H groups in total. The third-order valence-corrected chi connectivity index (χ3v) is 5.54. The van der Waals surface area contributed by atoms with Crippen LogP contribution in [0, 0.1) is 10.1 Å². The van der Waals surface area contributed by atoms with Crippen molar-refractivity contribution in [2.45, 2.75) is 37.6 Å². The second-order valence-corrected chi connectivity index (χ2v) is 7.31. The Hall–Kier alpha value is -2.81. The molecule has 3 aliphatic heterocycles. The van der Waals surface area contributed by atoms with Crippen molar-refractivity contribution in [2.75, 3.05) is 24.6 Å². The second-order valence-electron chi connectivity index (χ2n) is 7.31. The van der Waals surface area contributed by atoms with Crippen molar-refractivity contribution < 1.29 is 14.4 Å². The zero-order valence-corrected chi connectivity index (χ0v) is 14.8. The largest absolute Gasteiger partial charge is 0.490 e. The third kappa shape index (κ3) is 3.08. The van der Waals surface area contributed by atoms with Crippen LogP contribution >= 0.6 is 0 Å². The number of aromatic nitrogens is 2. The molecule has 27 heavy (non-hydrogen) atoms. The van der Waals surface area contributed by atoms with Crippen LogP contribution in [-0.2, 0) is 6.54 Å². The molecule has 0 amide bonds. The number of nitrogens with zero attached hydrogens (tertiary/aromatic N) is 4. The monoisotopic (exact) mass is 371 g/mol. The summed E-state index contributed by atoms with van der Waals surface area (Å²) in [6, 6.07) is 9.70. The minimum atomic E-state index is -0.510. The molecule has 2 fully saturated rings. The fourth-order valence-electron chi connectivity index (χ4n) is 4.14. The zero-order chi connectivity index (χ0) is 18.4. The molecule has 0 aliphatic carbocycles. The Kier molecular flexibility index (Phi) is 3.89. The van der Waals surface area contributed by atoms with Gasteiger partial charge in [0.25, 0.3) is 0 Å². The summed E-state index contributed by atoms with van der Waals surface area (Å²) in [7, 11) is 0. The van der Waals surface area contributed by atoms with Gasteiger partial charge in [0.15, 0.2) is 0 Å². The van der Waals surface area contributed by atoms with E-state index in [-0.39, 0.29) is 17.9 Å². The minimum absolute atomic E-state index is 0.167. The summed E-state index contributed by atoms with van der Waals surface area (Å²) in [5, 5.41) is 14.3. The van der Waals surface area contributed by atoms with Gasteiger partial charge in [0.2, 0.25) is 0 Å². The van der Waals surface area contributed by atoms with E-state index in [1.807, 2.05) is 12.1 Å². The van der Waals surface area contributed by atoms with E-state index in [1.54, 1.807) is 4.57 Å². The first-order chi connectivity index (χ1) is 13.2. The molecule has 9 nitrogen and oxygen atoms in total. The fourth-order valence-corrected chi connectivity index (χ4v) is 4.14. The van der Waals surface area contributed by atoms with Gasteiger partial charge in [0.05, 0.1) is 0 Å². The first-order valence-electron chi connectivity index (χ1n) is 9.27. The number of ether oxygens (including phenoxy) is 2. The van der Waals surface area contributed by atoms with Gasteiger partial charge in [-0.15, -0.1) is 0 Å². The molecule has 0 spiro atoms. The predicted octanol–water partition coefficient (Wildman–Crippen LogP) is 1.57. The van der Waals surface area contributed by atoms with Gasteiger partial charge >= 0.3 is 11.8 Å². The van der Waals surface area contributed by atoms with E-state index in [9.17, 15) is 10.1 Å². The summed E-state index contributed by atoms with van der Waals surface area (Å²) < 4.78 is 13.3. The lowest BCUT2D eigenvalue weighted by atomic mass is 10.2. The van der Waals surface area contributed by atoms with Crippen molar-refractivity contribution in [1.29, 1.82) is 0 Å². The molecule has 2 aromatic rings. The lowest BCUT2D eigenvalue weighted by molar-refractivity contribution is -0.389. The standard InChI is InChI=1S/C18H21N5O4/c24-23(25)17-10-21-6-5-16(27-18(21)20-17)11-26-15-3-1-13(2-4-15)22-9-12-7-14(22)8-19-12/h1-4,10,12,14,16,19H,5-9,11H2/t12?,14?,16-/m1/s1. The number of piperazine rings is 1. The Balaban J connectivity index is 1.17. The summed E-state index contributed by atoms with van der Waals surface area (Å²) in [5.41, 5.74) is 1.24. The van der Waals surface area contributed by atoms with Crippen LogP contribution in [0.5, 0.6) is 11.8 Å². The van der Waals surface area contributed by atoms with Crippen LogP contribution in [-0.4, -0.2) is 52.4 Å². The second kappa shape index (κ2) is 6.41. The molecule has 5 rings (SSSR count). The first kappa shape index (κ1) is 16.4. The molecule has 9 heteroatoms. The number of aryl methyl sites for hydroxylation is 1. The van der Waals surface area contributed by atoms with Crippen molar-refractivity contribution in [3.05, 3.63) is 40.6 Å². The summed E-state index contributed by atoms with van der Waals surface area (Å²) in [6.45, 7) is 3.16. The quantitative estimate of drug-likeness (QED) is 0.630. The van der Waals surface area contributed by atoms with E-state index < -0.39 is 4.92 Å². The highest BCUT2D eigenvalue weighted by Crippen LogP contribution is 2.30. The molecular formula is C18H21N5O4. The van der Waals surface area contributed by atoms with Crippen molar-refractivity contribution in [3.63, 3.8) is 0 Å². The van der Waals surface area contributed by atoms with Gasteiger partial charge in [-0.1, -0.05) is 0 Å². The van der Waals surface area contributed by atoms with Gasteiger partial charge in [-0.05, 0) is 35.6 Å². The van der Waals surface area contributed by atoms with E-state index in [1.165, 1.54) is 18.3 Å². The Morgan fingerprint density at radius 1 is 1.37 bits per heavy atom. The van der Waals surface area contributed by atoms with E-state index in [2.05, 4.69) is 27.3 Å². The Morgan fingerprint density at radius 2 is 2.22 bits per heavy atom. The van der Waals surface area contributed by atoms with E-state index in [4.69, 9.17) is 9.47 Å². The molecule has 1 aromatic carbocycles. The maximum absolute atomic E-state index is 10.8. The Labute approximate surface area is 156 Å². The zero-order valence-electron chi connectivity index (χ0n) is 14.8. The molecule has 3 atom stereocenters. The molecular weight excluding hydrogens is 350 g/mol. The maximum atomic E-state index is 10.8.